The van der Waals surface area contributed by atoms with Crippen LogP contribution in [0.3, 0.4) is 0 Å². The normalized spacial score (nSPS) is 20.3. The number of carbonyl (C=O) groups excluding carboxylic acids is 1. The van der Waals surface area contributed by atoms with E-state index in [9.17, 15) is 9.90 Å². The van der Waals surface area contributed by atoms with Crippen LogP contribution in [0.25, 0.3) is 0 Å². The molecule has 15 heavy (non-hydrogen) atoms. The van der Waals surface area contributed by atoms with E-state index in [1.165, 1.54) is 6.42 Å². The van der Waals surface area contributed by atoms with Crippen molar-refractivity contribution in [1.29, 1.82) is 0 Å². The van der Waals surface area contributed by atoms with E-state index in [4.69, 9.17) is 0 Å². The summed E-state index contributed by atoms with van der Waals surface area (Å²) in [6, 6.07) is 0. The molecular formula is C12H23NO2. The molecule has 0 heterocycles. The first-order valence-electron chi connectivity index (χ1n) is 6.01. The highest BCUT2D eigenvalue weighted by Crippen LogP contribution is 2.30. The highest BCUT2D eigenvalue weighted by Gasteiger charge is 2.31. The first-order chi connectivity index (χ1) is 7.02. The topological polar surface area (TPSA) is 49.3 Å². The fourth-order valence-corrected chi connectivity index (χ4v) is 2.07. The highest BCUT2D eigenvalue weighted by molar-refractivity contribution is 5.77. The molecule has 1 rings (SSSR count). The SMILES string of the molecule is CC(C)CNC(=O)CC1(O)CCCCC1. The lowest BCUT2D eigenvalue weighted by Gasteiger charge is -2.31. The smallest absolute Gasteiger partial charge is 0.222 e. The minimum atomic E-state index is -0.723. The average Bonchev–Trinajstić information content (AvgIpc) is 2.15. The lowest BCUT2D eigenvalue weighted by Crippen LogP contribution is -2.39. The second-order valence-corrected chi connectivity index (χ2v) is 5.16. The van der Waals surface area contributed by atoms with Crippen LogP contribution in [0.1, 0.15) is 52.4 Å². The van der Waals surface area contributed by atoms with Gasteiger partial charge in [0, 0.05) is 6.54 Å². The number of rotatable bonds is 4. The van der Waals surface area contributed by atoms with Crippen LogP contribution < -0.4 is 5.32 Å². The third-order valence-corrected chi connectivity index (χ3v) is 2.98. The van der Waals surface area contributed by atoms with E-state index in [-0.39, 0.29) is 12.3 Å². The Balaban J connectivity index is 2.29. The van der Waals surface area contributed by atoms with Crippen LogP contribution in [0.15, 0.2) is 0 Å². The van der Waals surface area contributed by atoms with Crippen molar-refractivity contribution in [2.75, 3.05) is 6.54 Å². The van der Waals surface area contributed by atoms with Crippen molar-refractivity contribution in [2.45, 2.75) is 58.0 Å². The molecule has 0 unspecified atom stereocenters. The summed E-state index contributed by atoms with van der Waals surface area (Å²) in [5.74, 6) is 0.461. The number of nitrogens with one attached hydrogen (secondary N) is 1. The zero-order valence-corrected chi connectivity index (χ0v) is 9.88. The molecule has 3 nitrogen and oxygen atoms in total. The summed E-state index contributed by atoms with van der Waals surface area (Å²) in [5, 5.41) is 13.0. The van der Waals surface area contributed by atoms with Crippen molar-refractivity contribution < 1.29 is 9.90 Å². The molecule has 1 aliphatic carbocycles. The molecular weight excluding hydrogens is 190 g/mol. The van der Waals surface area contributed by atoms with Crippen molar-refractivity contribution in [1.82, 2.24) is 5.32 Å². The third-order valence-electron chi connectivity index (χ3n) is 2.98. The van der Waals surface area contributed by atoms with Gasteiger partial charge in [-0.25, -0.2) is 0 Å². The zero-order chi connectivity index (χ0) is 11.3. The minimum absolute atomic E-state index is 0.00639. The second-order valence-electron chi connectivity index (χ2n) is 5.16. The van der Waals surface area contributed by atoms with Crippen molar-refractivity contribution in [3.8, 4) is 0 Å². The summed E-state index contributed by atoms with van der Waals surface area (Å²) in [4.78, 5) is 11.5. The van der Waals surface area contributed by atoms with Crippen LogP contribution in [-0.4, -0.2) is 23.2 Å². The second kappa shape index (κ2) is 5.50. The molecule has 0 aliphatic heterocycles. The zero-order valence-electron chi connectivity index (χ0n) is 9.88. The largest absolute Gasteiger partial charge is 0.389 e. The van der Waals surface area contributed by atoms with E-state index in [2.05, 4.69) is 19.2 Å². The van der Waals surface area contributed by atoms with Gasteiger partial charge in [-0.05, 0) is 18.8 Å². The molecule has 0 aromatic carbocycles. The van der Waals surface area contributed by atoms with Gasteiger partial charge < -0.3 is 10.4 Å². The number of hydrogen-bond donors (Lipinski definition) is 2. The Bertz CT molecular complexity index is 208. The fraction of sp³-hybridized carbons (Fsp3) is 0.917. The molecule has 2 N–H and O–H groups in total. The Hall–Kier alpha value is -0.570. The quantitative estimate of drug-likeness (QED) is 0.748. The van der Waals surface area contributed by atoms with Crippen LogP contribution in [0, 0.1) is 5.92 Å². The fourth-order valence-electron chi connectivity index (χ4n) is 2.07. The molecule has 88 valence electrons. The van der Waals surface area contributed by atoms with Gasteiger partial charge in [0.1, 0.15) is 0 Å². The molecule has 1 amide bonds. The molecule has 0 aromatic heterocycles. The van der Waals surface area contributed by atoms with Gasteiger partial charge in [0.25, 0.3) is 0 Å². The van der Waals surface area contributed by atoms with Gasteiger partial charge in [-0.1, -0.05) is 33.1 Å². The Morgan fingerprint density at radius 2 is 1.93 bits per heavy atom. The maximum Gasteiger partial charge on any atom is 0.222 e. The molecule has 0 aromatic rings. The van der Waals surface area contributed by atoms with Crippen LogP contribution in [0.2, 0.25) is 0 Å². The average molecular weight is 213 g/mol. The Morgan fingerprint density at radius 3 is 2.47 bits per heavy atom. The molecule has 1 aliphatic rings. The van der Waals surface area contributed by atoms with Gasteiger partial charge >= 0.3 is 0 Å². The van der Waals surface area contributed by atoms with Gasteiger partial charge in [0.2, 0.25) is 5.91 Å². The van der Waals surface area contributed by atoms with Gasteiger partial charge in [-0.3, -0.25) is 4.79 Å². The first kappa shape index (κ1) is 12.5. The molecule has 1 fully saturated rings. The maximum atomic E-state index is 11.5. The highest BCUT2D eigenvalue weighted by atomic mass is 16.3. The van der Waals surface area contributed by atoms with E-state index in [0.717, 1.165) is 25.7 Å². The Labute approximate surface area is 92.3 Å². The molecule has 1 saturated carbocycles. The van der Waals surface area contributed by atoms with E-state index in [1.807, 2.05) is 0 Å². The summed E-state index contributed by atoms with van der Waals surface area (Å²) in [6.45, 7) is 4.83. The minimum Gasteiger partial charge on any atom is -0.389 e. The van der Waals surface area contributed by atoms with Crippen molar-refractivity contribution in [3.05, 3.63) is 0 Å². The van der Waals surface area contributed by atoms with Crippen LogP contribution in [0.5, 0.6) is 0 Å². The van der Waals surface area contributed by atoms with Gasteiger partial charge in [-0.2, -0.15) is 0 Å². The maximum absolute atomic E-state index is 11.5. The Kier molecular flexibility index (Phi) is 4.58. The van der Waals surface area contributed by atoms with E-state index in [0.29, 0.717) is 12.5 Å². The summed E-state index contributed by atoms with van der Waals surface area (Å²) >= 11 is 0. The van der Waals surface area contributed by atoms with Crippen molar-refractivity contribution in [3.63, 3.8) is 0 Å². The predicted octanol–water partition coefficient (Wildman–Crippen LogP) is 1.84. The number of aliphatic hydroxyl groups is 1. The summed E-state index contributed by atoms with van der Waals surface area (Å²) in [5.41, 5.74) is -0.723. The molecule has 0 radical (unpaired) electrons. The number of carbonyl (C=O) groups is 1. The standard InChI is InChI=1S/C12H23NO2/c1-10(2)9-13-11(14)8-12(15)6-4-3-5-7-12/h10,15H,3-9H2,1-2H3,(H,13,14). The van der Waals surface area contributed by atoms with Crippen LogP contribution >= 0.6 is 0 Å². The summed E-state index contributed by atoms with van der Waals surface area (Å²) in [6.07, 6.45) is 5.13. The number of hydrogen-bond acceptors (Lipinski definition) is 2. The summed E-state index contributed by atoms with van der Waals surface area (Å²) < 4.78 is 0. The number of amides is 1. The van der Waals surface area contributed by atoms with Crippen LogP contribution in [0.4, 0.5) is 0 Å². The first-order valence-corrected chi connectivity index (χ1v) is 6.01. The monoisotopic (exact) mass is 213 g/mol. The molecule has 0 saturated heterocycles. The molecule has 0 spiro atoms. The lowest BCUT2D eigenvalue weighted by atomic mass is 9.82. The predicted molar refractivity (Wildman–Crippen MR) is 60.5 cm³/mol. The lowest BCUT2D eigenvalue weighted by molar-refractivity contribution is -0.127. The van der Waals surface area contributed by atoms with Crippen molar-refractivity contribution >= 4 is 5.91 Å². The molecule has 0 bridgehead atoms. The van der Waals surface area contributed by atoms with Crippen LogP contribution in [-0.2, 0) is 4.79 Å². The Morgan fingerprint density at radius 1 is 1.33 bits per heavy atom. The molecule has 3 heteroatoms. The summed E-state index contributed by atoms with van der Waals surface area (Å²) in [7, 11) is 0. The van der Waals surface area contributed by atoms with Gasteiger partial charge in [0.15, 0.2) is 0 Å². The van der Waals surface area contributed by atoms with E-state index >= 15 is 0 Å². The van der Waals surface area contributed by atoms with E-state index in [1.54, 1.807) is 0 Å². The third kappa shape index (κ3) is 4.65. The van der Waals surface area contributed by atoms with Crippen molar-refractivity contribution in [2.24, 2.45) is 5.92 Å². The molecule has 0 atom stereocenters. The van der Waals surface area contributed by atoms with E-state index < -0.39 is 5.60 Å². The van der Waals surface area contributed by atoms with Gasteiger partial charge in [-0.15, -0.1) is 0 Å². The van der Waals surface area contributed by atoms with Gasteiger partial charge in [0.05, 0.1) is 12.0 Å².